The van der Waals surface area contributed by atoms with E-state index in [0.717, 1.165) is 12.0 Å². The van der Waals surface area contributed by atoms with Crippen molar-refractivity contribution in [3.05, 3.63) is 23.8 Å². The maximum Gasteiger partial charge on any atom is 0.326 e. The van der Waals surface area contributed by atoms with E-state index in [4.69, 9.17) is 19.9 Å². The van der Waals surface area contributed by atoms with Gasteiger partial charge in [0.15, 0.2) is 11.5 Å². The predicted octanol–water partition coefficient (Wildman–Crippen LogP) is 1.53. The fraction of sp³-hybridized carbons (Fsp3) is 0.500. The molecule has 0 fully saturated rings. The van der Waals surface area contributed by atoms with E-state index >= 15 is 0 Å². The largest absolute Gasteiger partial charge is 0.493 e. The molecule has 0 amide bonds. The predicted molar refractivity (Wildman–Crippen MR) is 72.5 cm³/mol. The number of esters is 1. The summed E-state index contributed by atoms with van der Waals surface area (Å²) < 4.78 is 15.6. The van der Waals surface area contributed by atoms with Gasteiger partial charge in [-0.3, -0.25) is 4.79 Å². The summed E-state index contributed by atoms with van der Waals surface area (Å²) in [6.07, 6.45) is 0.916. The second-order valence-electron chi connectivity index (χ2n) is 4.01. The van der Waals surface area contributed by atoms with Crippen molar-refractivity contribution in [2.45, 2.75) is 26.3 Å². The van der Waals surface area contributed by atoms with Crippen molar-refractivity contribution in [2.24, 2.45) is 5.73 Å². The van der Waals surface area contributed by atoms with Crippen LogP contribution in [0.5, 0.6) is 11.5 Å². The normalized spacial score (nSPS) is 11.8. The number of hydrogen-bond acceptors (Lipinski definition) is 5. The lowest BCUT2D eigenvalue weighted by molar-refractivity contribution is -0.145. The monoisotopic (exact) mass is 267 g/mol. The summed E-state index contributed by atoms with van der Waals surface area (Å²) in [6, 6.07) is 4.88. The number of ether oxygens (including phenoxy) is 3. The second-order valence-corrected chi connectivity index (χ2v) is 4.01. The van der Waals surface area contributed by atoms with Crippen LogP contribution in [0.1, 0.15) is 19.4 Å². The van der Waals surface area contributed by atoms with Gasteiger partial charge in [0.25, 0.3) is 0 Å². The maximum atomic E-state index is 11.4. The van der Waals surface area contributed by atoms with Gasteiger partial charge in [-0.25, -0.2) is 0 Å². The summed E-state index contributed by atoms with van der Waals surface area (Å²) in [6.45, 7) is 4.16. The van der Waals surface area contributed by atoms with Crippen LogP contribution in [0, 0.1) is 0 Å². The van der Waals surface area contributed by atoms with Gasteiger partial charge in [-0.15, -0.1) is 0 Å². The molecule has 0 aromatic heterocycles. The molecule has 0 spiro atoms. The minimum Gasteiger partial charge on any atom is -0.493 e. The van der Waals surface area contributed by atoms with E-state index in [-0.39, 0.29) is 6.61 Å². The quantitative estimate of drug-likeness (QED) is 0.758. The van der Waals surface area contributed by atoms with Crippen LogP contribution in [0.2, 0.25) is 0 Å². The zero-order chi connectivity index (χ0) is 14.3. The second kappa shape index (κ2) is 7.63. The van der Waals surface area contributed by atoms with Crippen molar-refractivity contribution in [3.63, 3.8) is 0 Å². The first-order chi connectivity index (χ1) is 9.12. The number of benzene rings is 1. The Bertz CT molecular complexity index is 420. The Morgan fingerprint density at radius 2 is 2.05 bits per heavy atom. The van der Waals surface area contributed by atoms with Gasteiger partial charge >= 0.3 is 5.97 Å². The zero-order valence-electron chi connectivity index (χ0n) is 11.6. The first kappa shape index (κ1) is 15.3. The highest BCUT2D eigenvalue weighted by atomic mass is 16.5. The molecule has 0 saturated heterocycles. The van der Waals surface area contributed by atoms with E-state index in [1.807, 2.05) is 18.2 Å². The molecular weight excluding hydrogens is 246 g/mol. The smallest absolute Gasteiger partial charge is 0.326 e. The molecule has 0 aliphatic heterocycles. The average molecular weight is 267 g/mol. The van der Waals surface area contributed by atoms with Crippen LogP contribution in [-0.4, -0.2) is 32.3 Å². The maximum absolute atomic E-state index is 11.4. The van der Waals surface area contributed by atoms with E-state index in [1.165, 1.54) is 0 Å². The van der Waals surface area contributed by atoms with E-state index in [1.54, 1.807) is 14.0 Å². The molecule has 1 unspecified atom stereocenters. The summed E-state index contributed by atoms with van der Waals surface area (Å²) >= 11 is 0. The van der Waals surface area contributed by atoms with Crippen LogP contribution >= 0.6 is 0 Å². The van der Waals surface area contributed by atoms with Crippen LogP contribution < -0.4 is 15.2 Å². The Labute approximate surface area is 113 Å². The average Bonchev–Trinajstić information content (AvgIpc) is 2.44. The Kier molecular flexibility index (Phi) is 6.15. The Morgan fingerprint density at radius 3 is 2.63 bits per heavy atom. The molecular formula is C14H21NO4. The number of nitrogens with two attached hydrogens (primary N) is 1. The van der Waals surface area contributed by atoms with Gasteiger partial charge in [0, 0.05) is 0 Å². The van der Waals surface area contributed by atoms with E-state index in [9.17, 15) is 4.79 Å². The van der Waals surface area contributed by atoms with Crippen molar-refractivity contribution in [2.75, 3.05) is 20.3 Å². The molecule has 0 aliphatic rings. The highest BCUT2D eigenvalue weighted by Crippen LogP contribution is 2.28. The SMILES string of the molecule is CCOC(=O)C(N)COc1ccc(CC)cc1OC. The summed E-state index contributed by atoms with van der Waals surface area (Å²) in [4.78, 5) is 11.4. The molecule has 0 aliphatic carbocycles. The molecule has 106 valence electrons. The van der Waals surface area contributed by atoms with Crippen molar-refractivity contribution >= 4 is 5.97 Å². The summed E-state index contributed by atoms with van der Waals surface area (Å²) in [5, 5.41) is 0. The van der Waals surface area contributed by atoms with Gasteiger partial charge in [-0.1, -0.05) is 13.0 Å². The van der Waals surface area contributed by atoms with Crippen molar-refractivity contribution < 1.29 is 19.0 Å². The number of hydrogen-bond donors (Lipinski definition) is 1. The van der Waals surface area contributed by atoms with Gasteiger partial charge in [0.05, 0.1) is 13.7 Å². The van der Waals surface area contributed by atoms with Crippen molar-refractivity contribution in [1.82, 2.24) is 0 Å². The van der Waals surface area contributed by atoms with Crippen LogP contribution in [0.25, 0.3) is 0 Å². The first-order valence-corrected chi connectivity index (χ1v) is 6.34. The van der Waals surface area contributed by atoms with Crippen LogP contribution in [0.3, 0.4) is 0 Å². The fourth-order valence-electron chi connectivity index (χ4n) is 1.55. The molecule has 1 atom stereocenters. The number of aryl methyl sites for hydroxylation is 1. The van der Waals surface area contributed by atoms with Crippen molar-refractivity contribution in [1.29, 1.82) is 0 Å². The van der Waals surface area contributed by atoms with Gasteiger partial charge in [-0.05, 0) is 31.0 Å². The fourth-order valence-corrected chi connectivity index (χ4v) is 1.55. The lowest BCUT2D eigenvalue weighted by Crippen LogP contribution is -2.37. The number of carbonyl (C=O) groups excluding carboxylic acids is 1. The minimum absolute atomic E-state index is 0.0562. The lowest BCUT2D eigenvalue weighted by atomic mass is 10.1. The molecule has 0 radical (unpaired) electrons. The molecule has 1 aromatic carbocycles. The van der Waals surface area contributed by atoms with E-state index in [0.29, 0.717) is 18.1 Å². The molecule has 1 aromatic rings. The van der Waals surface area contributed by atoms with Gasteiger partial charge < -0.3 is 19.9 Å². The Morgan fingerprint density at radius 1 is 1.32 bits per heavy atom. The lowest BCUT2D eigenvalue weighted by Gasteiger charge is -2.14. The van der Waals surface area contributed by atoms with Gasteiger partial charge in [0.1, 0.15) is 12.6 Å². The molecule has 0 saturated carbocycles. The molecule has 0 bridgehead atoms. The molecule has 19 heavy (non-hydrogen) atoms. The third-order valence-corrected chi connectivity index (χ3v) is 2.64. The summed E-state index contributed by atoms with van der Waals surface area (Å²) in [5.74, 6) is 0.738. The summed E-state index contributed by atoms with van der Waals surface area (Å²) in [7, 11) is 1.58. The first-order valence-electron chi connectivity index (χ1n) is 6.34. The Hall–Kier alpha value is -1.75. The molecule has 5 nitrogen and oxygen atoms in total. The molecule has 1 rings (SSSR count). The van der Waals surface area contributed by atoms with Crippen LogP contribution in [0.4, 0.5) is 0 Å². The third kappa shape index (κ3) is 4.44. The molecule has 2 N–H and O–H groups in total. The van der Waals surface area contributed by atoms with Crippen LogP contribution in [-0.2, 0) is 16.0 Å². The zero-order valence-corrected chi connectivity index (χ0v) is 11.6. The minimum atomic E-state index is -0.796. The van der Waals surface area contributed by atoms with E-state index < -0.39 is 12.0 Å². The third-order valence-electron chi connectivity index (χ3n) is 2.64. The standard InChI is InChI=1S/C14H21NO4/c1-4-10-6-7-12(13(8-10)17-3)19-9-11(15)14(16)18-5-2/h6-8,11H,4-5,9,15H2,1-3H3. The van der Waals surface area contributed by atoms with Gasteiger partial charge in [-0.2, -0.15) is 0 Å². The van der Waals surface area contributed by atoms with Crippen molar-refractivity contribution in [3.8, 4) is 11.5 Å². The topological polar surface area (TPSA) is 70.8 Å². The highest BCUT2D eigenvalue weighted by Gasteiger charge is 2.16. The number of carbonyl (C=O) groups is 1. The van der Waals surface area contributed by atoms with Gasteiger partial charge in [0.2, 0.25) is 0 Å². The van der Waals surface area contributed by atoms with E-state index in [2.05, 4.69) is 6.92 Å². The number of rotatable bonds is 7. The highest BCUT2D eigenvalue weighted by molar-refractivity contribution is 5.75. The molecule has 5 heteroatoms. The summed E-state index contributed by atoms with van der Waals surface area (Å²) in [5.41, 5.74) is 6.81. The molecule has 0 heterocycles. The Balaban J connectivity index is 2.64. The number of methoxy groups -OCH3 is 1. The van der Waals surface area contributed by atoms with Crippen LogP contribution in [0.15, 0.2) is 18.2 Å².